The lowest BCUT2D eigenvalue weighted by atomic mass is 9.98. The number of ether oxygens (including phenoxy) is 4. The molecule has 2 aliphatic heterocycles. The van der Waals surface area contributed by atoms with Crippen LogP contribution in [0.3, 0.4) is 0 Å². The molecule has 0 atom stereocenters. The molecule has 0 radical (unpaired) electrons. The van der Waals surface area contributed by atoms with Gasteiger partial charge < -0.3 is 28.9 Å². The molecule has 0 saturated heterocycles. The summed E-state index contributed by atoms with van der Waals surface area (Å²) in [6.45, 7) is 8.31. The lowest BCUT2D eigenvalue weighted by molar-refractivity contribution is -0.141. The summed E-state index contributed by atoms with van der Waals surface area (Å²) in [5.41, 5.74) is 16.7. The van der Waals surface area contributed by atoms with Gasteiger partial charge in [0.25, 0.3) is 0 Å². The molecule has 0 spiro atoms. The highest BCUT2D eigenvalue weighted by Gasteiger charge is 2.23. The van der Waals surface area contributed by atoms with Crippen LogP contribution in [-0.4, -0.2) is 60.3 Å². The van der Waals surface area contributed by atoms with Crippen LogP contribution in [0, 0.1) is 13.8 Å². The number of benzene rings is 2. The molecule has 10 nitrogen and oxygen atoms in total. The van der Waals surface area contributed by atoms with Gasteiger partial charge >= 0.3 is 11.9 Å². The minimum Gasteiger partial charge on any atom is -0.497 e. The summed E-state index contributed by atoms with van der Waals surface area (Å²) in [5.74, 6) is 0.997. The lowest BCUT2D eigenvalue weighted by Gasteiger charge is -2.06. The third-order valence-electron chi connectivity index (χ3n) is 11.4. The second-order valence-electron chi connectivity index (χ2n) is 14.9. The zero-order valence-electron chi connectivity index (χ0n) is 35.4. The Hall–Kier alpha value is -6.94. The number of nitrogens with one attached hydrogen (secondary N) is 2. The SMILES string of the molecule is COC(=O)CCC1=C(C)c2cc3[nH]c(cc4[nH]c(cc5nc(cc1n2)C(CCC(=O)OC)=C5C)c(/C=C/c1ccc(OC)cc1)c4C)c(/C=C/c1ccc(OC)cc1)c3C. The fourth-order valence-electron chi connectivity index (χ4n) is 7.65. The summed E-state index contributed by atoms with van der Waals surface area (Å²) in [5, 5.41) is 0. The number of hydrogen-bond donors (Lipinski definition) is 2. The van der Waals surface area contributed by atoms with Gasteiger partial charge in [-0.15, -0.1) is 0 Å². The molecule has 0 saturated carbocycles. The number of aryl methyl sites for hydroxylation is 2. The predicted octanol–water partition coefficient (Wildman–Crippen LogP) is 11.1. The quantitative estimate of drug-likeness (QED) is 0.119. The number of carbonyl (C=O) groups is 2. The second kappa shape index (κ2) is 17.9. The Morgan fingerprint density at radius 3 is 1.33 bits per heavy atom. The van der Waals surface area contributed by atoms with Crippen LogP contribution >= 0.6 is 0 Å². The monoisotopic (exact) mass is 802 g/mol. The Bertz CT molecular complexity index is 2760. The highest BCUT2D eigenvalue weighted by Crippen LogP contribution is 2.38. The van der Waals surface area contributed by atoms with Crippen LogP contribution in [0.5, 0.6) is 11.5 Å². The third-order valence-corrected chi connectivity index (χ3v) is 11.4. The van der Waals surface area contributed by atoms with E-state index in [1.54, 1.807) is 14.2 Å². The predicted molar refractivity (Wildman–Crippen MR) is 242 cm³/mol. The van der Waals surface area contributed by atoms with Crippen LogP contribution < -0.4 is 9.47 Å². The molecule has 0 unspecified atom stereocenters. The van der Waals surface area contributed by atoms with E-state index in [4.69, 9.17) is 28.9 Å². The van der Waals surface area contributed by atoms with Gasteiger partial charge in [-0.25, -0.2) is 9.97 Å². The smallest absolute Gasteiger partial charge is 0.305 e. The van der Waals surface area contributed by atoms with E-state index in [0.29, 0.717) is 18.5 Å². The van der Waals surface area contributed by atoms with E-state index >= 15 is 0 Å². The molecule has 60 heavy (non-hydrogen) atoms. The number of carbonyl (C=O) groups excluding carboxylic acids is 2. The molecule has 0 aliphatic carbocycles. The average Bonchev–Trinajstić information content (AvgIpc) is 3.93. The first-order chi connectivity index (χ1) is 29.0. The van der Waals surface area contributed by atoms with Crippen molar-refractivity contribution in [3.63, 3.8) is 0 Å². The molecule has 3 aromatic heterocycles. The average molecular weight is 803 g/mol. The molecule has 0 amide bonds. The molecule has 8 bridgehead atoms. The molecule has 306 valence electrons. The van der Waals surface area contributed by atoms with Crippen molar-refractivity contribution in [1.29, 1.82) is 0 Å². The zero-order chi connectivity index (χ0) is 42.5. The largest absolute Gasteiger partial charge is 0.497 e. The minimum atomic E-state index is -0.298. The molecule has 0 fully saturated rings. The van der Waals surface area contributed by atoms with E-state index in [-0.39, 0.29) is 24.8 Å². The zero-order valence-corrected chi connectivity index (χ0v) is 35.4. The lowest BCUT2D eigenvalue weighted by Crippen LogP contribution is -2.01. The Morgan fingerprint density at radius 1 is 0.517 bits per heavy atom. The number of methoxy groups -OCH3 is 4. The van der Waals surface area contributed by atoms with Crippen molar-refractivity contribution in [2.45, 2.75) is 53.4 Å². The van der Waals surface area contributed by atoms with E-state index in [0.717, 1.165) is 106 Å². The molecule has 2 N–H and O–H groups in total. The summed E-state index contributed by atoms with van der Waals surface area (Å²) in [7, 11) is 6.12. The third kappa shape index (κ3) is 8.73. The van der Waals surface area contributed by atoms with Gasteiger partial charge in [-0.3, -0.25) is 9.59 Å². The van der Waals surface area contributed by atoms with Gasteiger partial charge in [0.05, 0.1) is 51.2 Å². The van der Waals surface area contributed by atoms with Gasteiger partial charge in [-0.1, -0.05) is 48.6 Å². The van der Waals surface area contributed by atoms with Gasteiger partial charge in [0.2, 0.25) is 0 Å². The first kappa shape index (κ1) is 41.2. The van der Waals surface area contributed by atoms with Crippen LogP contribution in [-0.2, 0) is 19.1 Å². The minimum absolute atomic E-state index is 0.199. The van der Waals surface area contributed by atoms with E-state index in [9.17, 15) is 9.59 Å². The maximum absolute atomic E-state index is 12.4. The molecule has 2 aromatic carbocycles. The maximum Gasteiger partial charge on any atom is 0.305 e. The molecule has 5 heterocycles. The Labute approximate surface area is 350 Å². The van der Waals surface area contributed by atoms with Crippen LogP contribution in [0.25, 0.3) is 68.7 Å². The van der Waals surface area contributed by atoms with Crippen molar-refractivity contribution in [3.8, 4) is 11.5 Å². The van der Waals surface area contributed by atoms with Crippen LogP contribution in [0.1, 0.15) is 95.7 Å². The summed E-state index contributed by atoms with van der Waals surface area (Å²) in [6, 6.07) is 24.2. The van der Waals surface area contributed by atoms with E-state index in [1.807, 2.05) is 68.4 Å². The maximum atomic E-state index is 12.4. The highest BCUT2D eigenvalue weighted by molar-refractivity contribution is 5.98. The first-order valence-electron chi connectivity index (χ1n) is 19.9. The van der Waals surface area contributed by atoms with Crippen molar-refractivity contribution in [2.24, 2.45) is 0 Å². The molecular formula is C50H50N4O6. The first-order valence-corrected chi connectivity index (χ1v) is 19.9. The highest BCUT2D eigenvalue weighted by atomic mass is 16.5. The topological polar surface area (TPSA) is 128 Å². The fourth-order valence-corrected chi connectivity index (χ4v) is 7.65. The number of hydrogen-bond acceptors (Lipinski definition) is 8. The number of aromatic nitrogens is 4. The number of rotatable bonds is 12. The number of nitrogens with zero attached hydrogens (tertiary/aromatic N) is 2. The molecule has 2 aliphatic rings. The number of fused-ring (bicyclic) bond motifs is 8. The van der Waals surface area contributed by atoms with Gasteiger partial charge in [-0.2, -0.15) is 0 Å². The van der Waals surface area contributed by atoms with Crippen molar-refractivity contribution >= 4 is 80.6 Å². The van der Waals surface area contributed by atoms with Gasteiger partial charge in [0.15, 0.2) is 0 Å². The van der Waals surface area contributed by atoms with Gasteiger partial charge in [0.1, 0.15) is 11.5 Å². The number of allylic oxidation sites excluding steroid dienone is 4. The Morgan fingerprint density at radius 2 is 0.917 bits per heavy atom. The Kier molecular flexibility index (Phi) is 12.3. The van der Waals surface area contributed by atoms with E-state index in [1.165, 1.54) is 14.2 Å². The molecule has 7 rings (SSSR count). The Balaban J connectivity index is 1.53. The fraction of sp³-hybridized carbons (Fsp3) is 0.240. The summed E-state index contributed by atoms with van der Waals surface area (Å²) >= 11 is 0. The molecule has 5 aromatic rings. The van der Waals surface area contributed by atoms with Crippen molar-refractivity contribution in [3.05, 3.63) is 129 Å². The van der Waals surface area contributed by atoms with Crippen LogP contribution in [0.15, 0.2) is 72.8 Å². The standard InChI is InChI=1S/C50H50N4O6/c1-29-37(19-13-33-9-15-35(57-5)16-10-33)45-26-43-30(2)38(20-14-34-11-17-36(58-6)18-12-34)46(53-43)27-44-32(4)40(22-24-50(56)60-8)48(54-44)28-47-39(21-23-49(55)59-7)31(3)42(52-47)25-41(29)51-45/h9-20,25-28,51,53H,21-24H2,1-8H3/b19-13+,20-14+,41-25?,42-25?,43-26?,44-27?,45-26?,46-27?,47-28?,48-28?. The summed E-state index contributed by atoms with van der Waals surface area (Å²) in [6.07, 6.45) is 9.74. The molecule has 10 heteroatoms. The molecular weight excluding hydrogens is 753 g/mol. The summed E-state index contributed by atoms with van der Waals surface area (Å²) in [4.78, 5) is 42.8. The van der Waals surface area contributed by atoms with Crippen molar-refractivity contribution in [2.75, 3.05) is 28.4 Å². The van der Waals surface area contributed by atoms with E-state index in [2.05, 4.69) is 66.3 Å². The van der Waals surface area contributed by atoms with Crippen LogP contribution in [0.2, 0.25) is 0 Å². The van der Waals surface area contributed by atoms with E-state index < -0.39 is 0 Å². The normalized spacial score (nSPS) is 12.8. The number of H-pyrrole nitrogens is 2. The van der Waals surface area contributed by atoms with Crippen molar-refractivity contribution in [1.82, 2.24) is 19.9 Å². The van der Waals surface area contributed by atoms with Gasteiger partial charge in [-0.05, 0) is 134 Å². The second-order valence-corrected chi connectivity index (χ2v) is 14.9. The number of aromatic amines is 2. The van der Waals surface area contributed by atoms with Crippen molar-refractivity contribution < 1.29 is 28.5 Å². The number of esters is 2. The van der Waals surface area contributed by atoms with Gasteiger partial charge in [0, 0.05) is 46.0 Å². The summed E-state index contributed by atoms with van der Waals surface area (Å²) < 4.78 is 20.8. The van der Waals surface area contributed by atoms with Crippen LogP contribution in [0.4, 0.5) is 0 Å².